The van der Waals surface area contributed by atoms with E-state index in [9.17, 15) is 13.2 Å². The van der Waals surface area contributed by atoms with Crippen LogP contribution in [-0.2, 0) is 26.5 Å². The summed E-state index contributed by atoms with van der Waals surface area (Å²) in [5, 5.41) is 2.84. The lowest BCUT2D eigenvalue weighted by atomic mass is 9.71. The molecule has 0 radical (unpaired) electrons. The molecule has 1 amide bonds. The lowest BCUT2D eigenvalue weighted by molar-refractivity contribution is -0.118. The van der Waals surface area contributed by atoms with Crippen LogP contribution in [0.4, 0.5) is 0 Å². The third-order valence-corrected chi connectivity index (χ3v) is 7.28. The third kappa shape index (κ3) is 3.94. The van der Waals surface area contributed by atoms with Gasteiger partial charge in [0.15, 0.2) is 9.84 Å². The number of aryl methyl sites for hydroxylation is 1. The molecule has 1 aliphatic carbocycles. The zero-order valence-electron chi connectivity index (χ0n) is 14.5. The van der Waals surface area contributed by atoms with Crippen molar-refractivity contribution in [3.63, 3.8) is 0 Å². The van der Waals surface area contributed by atoms with E-state index in [0.717, 1.165) is 19.3 Å². The Morgan fingerprint density at radius 1 is 1.26 bits per heavy atom. The highest BCUT2D eigenvalue weighted by Crippen LogP contribution is 2.36. The van der Waals surface area contributed by atoms with Gasteiger partial charge in [0.2, 0.25) is 5.91 Å². The molecule has 1 unspecified atom stereocenters. The predicted molar refractivity (Wildman–Crippen MR) is 93.3 cm³/mol. The van der Waals surface area contributed by atoms with Gasteiger partial charge < -0.3 is 5.32 Å². The molecule has 0 saturated carbocycles. The van der Waals surface area contributed by atoms with Crippen LogP contribution in [0.25, 0.3) is 0 Å². The van der Waals surface area contributed by atoms with Gasteiger partial charge in [-0.25, -0.2) is 8.42 Å². The molecule has 1 atom stereocenters. The Morgan fingerprint density at radius 2 is 1.91 bits per heavy atom. The van der Waals surface area contributed by atoms with Gasteiger partial charge in [-0.1, -0.05) is 31.2 Å². The molecule has 128 valence electrons. The molecule has 0 aromatic heterocycles. The van der Waals surface area contributed by atoms with Crippen LogP contribution in [0.1, 0.15) is 51.7 Å². The topological polar surface area (TPSA) is 63.2 Å². The minimum absolute atomic E-state index is 0.129. The second kappa shape index (κ2) is 6.27. The van der Waals surface area contributed by atoms with E-state index in [1.165, 1.54) is 11.1 Å². The summed E-state index contributed by atoms with van der Waals surface area (Å²) in [4.78, 5) is 12.1. The standard InChI is InChI=1S/C18H27NO3S/c1-17(2,3)23(21,22)12-16(20)19-13-18(4)11-7-9-14-8-5-6-10-15(14)18/h5-6,8,10H,7,9,11-13H2,1-4H3,(H,19,20). The maximum Gasteiger partial charge on any atom is 0.235 e. The van der Waals surface area contributed by atoms with Crippen molar-refractivity contribution in [2.75, 3.05) is 12.3 Å². The number of rotatable bonds is 4. The molecule has 0 bridgehead atoms. The van der Waals surface area contributed by atoms with E-state index < -0.39 is 26.2 Å². The molecule has 23 heavy (non-hydrogen) atoms. The average molecular weight is 337 g/mol. The Balaban J connectivity index is 2.06. The summed E-state index contributed by atoms with van der Waals surface area (Å²) in [5.74, 6) is -0.863. The van der Waals surface area contributed by atoms with Crippen molar-refractivity contribution >= 4 is 15.7 Å². The minimum atomic E-state index is -3.44. The molecule has 1 N–H and O–H groups in total. The number of sulfone groups is 1. The van der Waals surface area contributed by atoms with Crippen molar-refractivity contribution in [3.05, 3.63) is 35.4 Å². The van der Waals surface area contributed by atoms with Crippen molar-refractivity contribution in [1.82, 2.24) is 5.32 Å². The SMILES string of the molecule is CC1(CNC(=O)CS(=O)(=O)C(C)(C)C)CCCc2ccccc21. The van der Waals surface area contributed by atoms with Gasteiger partial charge in [-0.05, 0) is 51.2 Å². The highest BCUT2D eigenvalue weighted by Gasteiger charge is 2.34. The highest BCUT2D eigenvalue weighted by atomic mass is 32.2. The summed E-state index contributed by atoms with van der Waals surface area (Å²) in [6, 6.07) is 8.32. The first-order valence-corrected chi connectivity index (χ1v) is 9.78. The van der Waals surface area contributed by atoms with E-state index in [2.05, 4.69) is 24.4 Å². The third-order valence-electron chi connectivity index (χ3n) is 4.77. The normalized spacial score (nSPS) is 21.6. The van der Waals surface area contributed by atoms with E-state index >= 15 is 0 Å². The number of amides is 1. The fourth-order valence-corrected chi connectivity index (χ4v) is 3.93. The van der Waals surface area contributed by atoms with Crippen LogP contribution >= 0.6 is 0 Å². The van der Waals surface area contributed by atoms with Crippen molar-refractivity contribution in [2.45, 2.75) is 57.1 Å². The molecule has 0 heterocycles. The molecular formula is C18H27NO3S. The van der Waals surface area contributed by atoms with E-state index in [1.54, 1.807) is 20.8 Å². The van der Waals surface area contributed by atoms with Gasteiger partial charge in [0.05, 0.1) is 4.75 Å². The maximum absolute atomic E-state index is 12.1. The number of carbonyl (C=O) groups excluding carboxylic acids is 1. The molecule has 0 saturated heterocycles. The Morgan fingerprint density at radius 3 is 2.57 bits per heavy atom. The van der Waals surface area contributed by atoms with Crippen LogP contribution < -0.4 is 5.32 Å². The lowest BCUT2D eigenvalue weighted by Crippen LogP contribution is -2.44. The van der Waals surface area contributed by atoms with Gasteiger partial charge in [-0.15, -0.1) is 0 Å². The summed E-state index contributed by atoms with van der Waals surface area (Å²) >= 11 is 0. The maximum atomic E-state index is 12.1. The first-order chi connectivity index (χ1) is 10.6. The first-order valence-electron chi connectivity index (χ1n) is 8.13. The van der Waals surface area contributed by atoms with Gasteiger partial charge in [0, 0.05) is 12.0 Å². The fourth-order valence-electron chi connectivity index (χ4n) is 3.05. The fraction of sp³-hybridized carbons (Fsp3) is 0.611. The number of fused-ring (bicyclic) bond motifs is 1. The van der Waals surface area contributed by atoms with Crippen LogP contribution in [0.15, 0.2) is 24.3 Å². The Hall–Kier alpha value is -1.36. The zero-order valence-corrected chi connectivity index (χ0v) is 15.3. The summed E-state index contributed by atoms with van der Waals surface area (Å²) in [6.07, 6.45) is 3.15. The molecule has 1 aromatic rings. The number of benzene rings is 1. The number of nitrogens with one attached hydrogen (secondary N) is 1. The second-order valence-corrected chi connectivity index (χ2v) is 10.5. The van der Waals surface area contributed by atoms with Crippen LogP contribution in [0.5, 0.6) is 0 Å². The van der Waals surface area contributed by atoms with E-state index in [1.807, 2.05) is 12.1 Å². The van der Waals surface area contributed by atoms with Crippen LogP contribution in [0, 0.1) is 0 Å². The molecular weight excluding hydrogens is 310 g/mol. The molecule has 0 spiro atoms. The molecule has 2 rings (SSSR count). The minimum Gasteiger partial charge on any atom is -0.354 e. The van der Waals surface area contributed by atoms with Crippen molar-refractivity contribution in [1.29, 1.82) is 0 Å². The van der Waals surface area contributed by atoms with Gasteiger partial charge in [-0.3, -0.25) is 4.79 Å². The van der Waals surface area contributed by atoms with E-state index in [4.69, 9.17) is 0 Å². The monoisotopic (exact) mass is 337 g/mol. The quantitative estimate of drug-likeness (QED) is 0.918. The van der Waals surface area contributed by atoms with Crippen LogP contribution in [-0.4, -0.2) is 31.4 Å². The largest absolute Gasteiger partial charge is 0.354 e. The molecule has 1 aromatic carbocycles. The zero-order chi connectivity index (χ0) is 17.3. The van der Waals surface area contributed by atoms with E-state index in [-0.39, 0.29) is 5.41 Å². The summed E-state index contributed by atoms with van der Waals surface area (Å²) in [5.41, 5.74) is 2.47. The summed E-state index contributed by atoms with van der Waals surface area (Å²) in [6.45, 7) is 7.48. The van der Waals surface area contributed by atoms with Gasteiger partial charge in [0.1, 0.15) is 5.75 Å². The number of hydrogen-bond donors (Lipinski definition) is 1. The summed E-state index contributed by atoms with van der Waals surface area (Å²) in [7, 11) is -3.44. The number of carbonyl (C=O) groups is 1. The predicted octanol–water partition coefficient (Wildman–Crippen LogP) is 2.61. The Labute approximate surface area is 139 Å². The number of hydrogen-bond acceptors (Lipinski definition) is 3. The molecule has 0 fully saturated rings. The Kier molecular flexibility index (Phi) is 4.90. The molecule has 5 heteroatoms. The molecule has 0 aliphatic heterocycles. The second-order valence-electron chi connectivity index (χ2n) is 7.72. The van der Waals surface area contributed by atoms with Crippen molar-refractivity contribution in [2.24, 2.45) is 0 Å². The van der Waals surface area contributed by atoms with Crippen LogP contribution in [0.3, 0.4) is 0 Å². The van der Waals surface area contributed by atoms with E-state index in [0.29, 0.717) is 6.54 Å². The highest BCUT2D eigenvalue weighted by molar-refractivity contribution is 7.93. The van der Waals surface area contributed by atoms with Crippen LogP contribution in [0.2, 0.25) is 0 Å². The Bertz CT molecular complexity index is 688. The first kappa shape index (κ1) is 18.0. The lowest BCUT2D eigenvalue weighted by Gasteiger charge is -2.36. The summed E-state index contributed by atoms with van der Waals surface area (Å²) < 4.78 is 23.4. The van der Waals surface area contributed by atoms with Gasteiger partial charge in [0.25, 0.3) is 0 Å². The van der Waals surface area contributed by atoms with Gasteiger partial charge in [-0.2, -0.15) is 0 Å². The molecule has 1 aliphatic rings. The van der Waals surface area contributed by atoms with Gasteiger partial charge >= 0.3 is 0 Å². The van der Waals surface area contributed by atoms with Crippen molar-refractivity contribution < 1.29 is 13.2 Å². The average Bonchev–Trinajstić information content (AvgIpc) is 2.44. The smallest absolute Gasteiger partial charge is 0.235 e. The molecule has 4 nitrogen and oxygen atoms in total. The van der Waals surface area contributed by atoms with Crippen molar-refractivity contribution in [3.8, 4) is 0 Å².